The maximum atomic E-state index is 10.4. The van der Waals surface area contributed by atoms with Gasteiger partial charge in [-0.2, -0.15) is 0 Å². The van der Waals surface area contributed by atoms with Gasteiger partial charge in [0.05, 0.1) is 0 Å². The van der Waals surface area contributed by atoms with E-state index < -0.39 is 6.09 Å². The van der Waals surface area contributed by atoms with Crippen LogP contribution in [0.4, 0.5) is 4.79 Å². The lowest BCUT2D eigenvalue weighted by Crippen LogP contribution is -2.44. The molecule has 1 saturated carbocycles. The van der Waals surface area contributed by atoms with Crippen molar-refractivity contribution in [3.63, 3.8) is 0 Å². The number of nitrogens with one attached hydrogen (secondary N) is 1. The minimum absolute atomic E-state index is 0.113. The standard InChI is InChI=1S/C9H18N2O2/c1-2-6-5-7(11-9(12)13)3-4-8(6)10/h6-8,11H,2-5,10H2,1H3,(H,12,13)/t6-,7+,8+/m1/s1. The van der Waals surface area contributed by atoms with Crippen LogP contribution in [0.5, 0.6) is 0 Å². The third kappa shape index (κ3) is 2.88. The second kappa shape index (κ2) is 4.46. The lowest BCUT2D eigenvalue weighted by Gasteiger charge is -2.33. The largest absolute Gasteiger partial charge is 0.465 e. The maximum Gasteiger partial charge on any atom is 0.404 e. The first kappa shape index (κ1) is 10.3. The third-order valence-corrected chi connectivity index (χ3v) is 2.89. The van der Waals surface area contributed by atoms with Crippen molar-refractivity contribution in [2.24, 2.45) is 11.7 Å². The molecule has 0 spiro atoms. The first-order chi connectivity index (χ1) is 6.13. The summed E-state index contributed by atoms with van der Waals surface area (Å²) in [5.41, 5.74) is 5.91. The molecule has 4 N–H and O–H groups in total. The van der Waals surface area contributed by atoms with E-state index in [2.05, 4.69) is 12.2 Å². The van der Waals surface area contributed by atoms with Gasteiger partial charge in [0.25, 0.3) is 0 Å². The van der Waals surface area contributed by atoms with Crippen LogP contribution in [-0.4, -0.2) is 23.3 Å². The molecular weight excluding hydrogens is 168 g/mol. The van der Waals surface area contributed by atoms with E-state index in [-0.39, 0.29) is 12.1 Å². The molecule has 0 saturated heterocycles. The molecule has 0 heterocycles. The summed E-state index contributed by atoms with van der Waals surface area (Å²) < 4.78 is 0. The summed E-state index contributed by atoms with van der Waals surface area (Å²) in [7, 11) is 0. The Morgan fingerprint density at radius 3 is 2.85 bits per heavy atom. The number of carboxylic acid groups (broad SMARTS) is 1. The van der Waals surface area contributed by atoms with Gasteiger partial charge in [-0.1, -0.05) is 13.3 Å². The summed E-state index contributed by atoms with van der Waals surface area (Å²) in [6.45, 7) is 2.10. The number of carbonyl (C=O) groups is 1. The van der Waals surface area contributed by atoms with E-state index in [1.807, 2.05) is 0 Å². The van der Waals surface area contributed by atoms with Gasteiger partial charge in [0.1, 0.15) is 0 Å². The number of hydrogen-bond donors (Lipinski definition) is 3. The molecule has 4 heteroatoms. The molecule has 0 aromatic carbocycles. The van der Waals surface area contributed by atoms with E-state index in [9.17, 15) is 4.79 Å². The normalized spacial score (nSPS) is 34.2. The molecule has 1 aliphatic carbocycles. The van der Waals surface area contributed by atoms with Gasteiger partial charge in [0, 0.05) is 12.1 Å². The topological polar surface area (TPSA) is 75.3 Å². The lowest BCUT2D eigenvalue weighted by molar-refractivity contribution is 0.177. The van der Waals surface area contributed by atoms with Crippen LogP contribution in [0.25, 0.3) is 0 Å². The summed E-state index contributed by atoms with van der Waals surface area (Å²) in [6, 6.07) is 0.374. The predicted molar refractivity (Wildman–Crippen MR) is 50.6 cm³/mol. The van der Waals surface area contributed by atoms with Crippen molar-refractivity contribution >= 4 is 6.09 Å². The molecule has 1 rings (SSSR count). The van der Waals surface area contributed by atoms with Gasteiger partial charge in [0.2, 0.25) is 0 Å². The number of hydrogen-bond acceptors (Lipinski definition) is 2. The Morgan fingerprint density at radius 2 is 2.31 bits per heavy atom. The summed E-state index contributed by atoms with van der Waals surface area (Å²) in [6.07, 6.45) is 2.83. The Bertz CT molecular complexity index is 184. The van der Waals surface area contributed by atoms with E-state index in [1.165, 1.54) is 0 Å². The van der Waals surface area contributed by atoms with Crippen LogP contribution < -0.4 is 11.1 Å². The van der Waals surface area contributed by atoms with Crippen molar-refractivity contribution in [1.82, 2.24) is 5.32 Å². The zero-order valence-corrected chi connectivity index (χ0v) is 7.99. The van der Waals surface area contributed by atoms with E-state index in [1.54, 1.807) is 0 Å². The smallest absolute Gasteiger partial charge is 0.404 e. The molecule has 0 aromatic heterocycles. The molecule has 4 nitrogen and oxygen atoms in total. The fraction of sp³-hybridized carbons (Fsp3) is 0.889. The van der Waals surface area contributed by atoms with Crippen molar-refractivity contribution in [1.29, 1.82) is 0 Å². The minimum Gasteiger partial charge on any atom is -0.465 e. The van der Waals surface area contributed by atoms with Crippen LogP contribution in [0, 0.1) is 5.92 Å². The molecule has 1 amide bonds. The molecule has 1 fully saturated rings. The Labute approximate surface area is 78.5 Å². The van der Waals surface area contributed by atoms with Crippen molar-refractivity contribution in [3.05, 3.63) is 0 Å². The molecule has 3 atom stereocenters. The van der Waals surface area contributed by atoms with Gasteiger partial charge in [-0.3, -0.25) is 0 Å². The zero-order chi connectivity index (χ0) is 9.84. The summed E-state index contributed by atoms with van der Waals surface area (Å²) in [4.78, 5) is 10.4. The monoisotopic (exact) mass is 186 g/mol. The first-order valence-electron chi connectivity index (χ1n) is 4.88. The van der Waals surface area contributed by atoms with Crippen molar-refractivity contribution in [2.45, 2.75) is 44.7 Å². The fourth-order valence-corrected chi connectivity index (χ4v) is 2.06. The summed E-state index contributed by atoms with van der Waals surface area (Å²) in [5, 5.41) is 11.1. The van der Waals surface area contributed by atoms with Gasteiger partial charge < -0.3 is 16.2 Å². The van der Waals surface area contributed by atoms with Crippen LogP contribution in [0.15, 0.2) is 0 Å². The Balaban J connectivity index is 2.40. The SMILES string of the molecule is CC[C@@H]1C[C@@H](NC(=O)O)CC[C@@H]1N. The van der Waals surface area contributed by atoms with E-state index in [4.69, 9.17) is 10.8 Å². The van der Waals surface area contributed by atoms with E-state index in [0.29, 0.717) is 5.92 Å². The van der Waals surface area contributed by atoms with Crippen LogP contribution >= 0.6 is 0 Å². The van der Waals surface area contributed by atoms with Crippen LogP contribution in [0.1, 0.15) is 32.6 Å². The van der Waals surface area contributed by atoms with Gasteiger partial charge >= 0.3 is 6.09 Å². The Kier molecular flexibility index (Phi) is 3.54. The first-order valence-corrected chi connectivity index (χ1v) is 4.88. The summed E-state index contributed by atoms with van der Waals surface area (Å²) in [5.74, 6) is 0.477. The van der Waals surface area contributed by atoms with Gasteiger partial charge in [0.15, 0.2) is 0 Å². The third-order valence-electron chi connectivity index (χ3n) is 2.89. The Morgan fingerprint density at radius 1 is 1.62 bits per heavy atom. The second-order valence-electron chi connectivity index (χ2n) is 3.79. The molecule has 76 valence electrons. The molecule has 1 aliphatic rings. The van der Waals surface area contributed by atoms with Crippen molar-refractivity contribution in [3.8, 4) is 0 Å². The molecule has 13 heavy (non-hydrogen) atoms. The van der Waals surface area contributed by atoms with Crippen LogP contribution in [-0.2, 0) is 0 Å². The van der Waals surface area contributed by atoms with E-state index >= 15 is 0 Å². The highest BCUT2D eigenvalue weighted by atomic mass is 16.4. The predicted octanol–water partition coefficient (Wildman–Crippen LogP) is 1.16. The highest BCUT2D eigenvalue weighted by molar-refractivity contribution is 5.64. The van der Waals surface area contributed by atoms with Crippen LogP contribution in [0.3, 0.4) is 0 Å². The average Bonchev–Trinajstić information content (AvgIpc) is 2.07. The molecule has 0 bridgehead atoms. The van der Waals surface area contributed by atoms with Crippen molar-refractivity contribution in [2.75, 3.05) is 0 Å². The van der Waals surface area contributed by atoms with Crippen LogP contribution in [0.2, 0.25) is 0 Å². The van der Waals surface area contributed by atoms with Gasteiger partial charge in [-0.05, 0) is 25.2 Å². The zero-order valence-electron chi connectivity index (χ0n) is 7.99. The highest BCUT2D eigenvalue weighted by Gasteiger charge is 2.27. The molecule has 0 aromatic rings. The Hall–Kier alpha value is -0.770. The second-order valence-corrected chi connectivity index (χ2v) is 3.79. The van der Waals surface area contributed by atoms with Crippen molar-refractivity contribution < 1.29 is 9.90 Å². The fourth-order valence-electron chi connectivity index (χ4n) is 2.06. The number of amides is 1. The average molecular weight is 186 g/mol. The quantitative estimate of drug-likeness (QED) is 0.605. The minimum atomic E-state index is -0.921. The number of nitrogens with two attached hydrogens (primary N) is 1. The maximum absolute atomic E-state index is 10.4. The molecule has 0 aliphatic heterocycles. The number of rotatable bonds is 2. The highest BCUT2D eigenvalue weighted by Crippen LogP contribution is 2.25. The van der Waals surface area contributed by atoms with E-state index in [0.717, 1.165) is 25.7 Å². The lowest BCUT2D eigenvalue weighted by atomic mass is 9.80. The molecule has 0 radical (unpaired) electrons. The van der Waals surface area contributed by atoms with Gasteiger partial charge in [-0.15, -0.1) is 0 Å². The molecule has 0 unspecified atom stereocenters. The van der Waals surface area contributed by atoms with Gasteiger partial charge in [-0.25, -0.2) is 4.79 Å². The summed E-state index contributed by atoms with van der Waals surface area (Å²) >= 11 is 0. The molecular formula is C9H18N2O2.